The summed E-state index contributed by atoms with van der Waals surface area (Å²) >= 11 is 4.86. The summed E-state index contributed by atoms with van der Waals surface area (Å²) in [5.74, 6) is 0.973. The van der Waals surface area contributed by atoms with Crippen LogP contribution in [0.2, 0.25) is 0 Å². The molecule has 0 saturated carbocycles. The van der Waals surface area contributed by atoms with Crippen LogP contribution in [-0.4, -0.2) is 23.5 Å². The molecule has 0 aliphatic carbocycles. The lowest BCUT2D eigenvalue weighted by atomic mass is 10.1. The van der Waals surface area contributed by atoms with Gasteiger partial charge in [-0.05, 0) is 30.5 Å². The second-order valence-corrected chi connectivity index (χ2v) is 5.71. The summed E-state index contributed by atoms with van der Waals surface area (Å²) in [5.41, 5.74) is 6.52. The van der Waals surface area contributed by atoms with Crippen molar-refractivity contribution in [2.24, 2.45) is 11.7 Å². The van der Waals surface area contributed by atoms with Gasteiger partial charge in [-0.2, -0.15) is 0 Å². The summed E-state index contributed by atoms with van der Waals surface area (Å²) in [6.45, 7) is 6.48. The zero-order chi connectivity index (χ0) is 15.1. The molecule has 1 unspecified atom stereocenters. The first-order chi connectivity index (χ1) is 9.38. The van der Waals surface area contributed by atoms with Gasteiger partial charge in [0.25, 0.3) is 5.91 Å². The Balaban J connectivity index is 2.51. The number of rotatable bonds is 7. The van der Waals surface area contributed by atoms with E-state index in [4.69, 9.17) is 22.7 Å². The van der Waals surface area contributed by atoms with E-state index in [1.807, 2.05) is 38.1 Å². The highest BCUT2D eigenvalue weighted by Crippen LogP contribution is 2.14. The van der Waals surface area contributed by atoms with Crippen molar-refractivity contribution in [3.63, 3.8) is 0 Å². The van der Waals surface area contributed by atoms with Gasteiger partial charge in [-0.3, -0.25) is 4.79 Å². The fraction of sp³-hybridized carbons (Fsp3) is 0.467. The molecular weight excluding hydrogens is 272 g/mol. The van der Waals surface area contributed by atoms with Gasteiger partial charge in [0.2, 0.25) is 0 Å². The first-order valence-corrected chi connectivity index (χ1v) is 7.11. The summed E-state index contributed by atoms with van der Waals surface area (Å²) in [7, 11) is 0. The van der Waals surface area contributed by atoms with Crippen molar-refractivity contribution < 1.29 is 9.53 Å². The molecule has 4 nitrogen and oxygen atoms in total. The van der Waals surface area contributed by atoms with Gasteiger partial charge in [0.05, 0.1) is 4.99 Å². The first kappa shape index (κ1) is 16.4. The number of nitrogens with two attached hydrogens (primary N) is 1. The van der Waals surface area contributed by atoms with Gasteiger partial charge in [-0.25, -0.2) is 0 Å². The third-order valence-electron chi connectivity index (χ3n) is 2.67. The highest BCUT2D eigenvalue weighted by Gasteiger charge is 2.14. The van der Waals surface area contributed by atoms with E-state index in [0.717, 1.165) is 5.56 Å². The predicted octanol–water partition coefficient (Wildman–Crippen LogP) is 2.05. The molecule has 0 fully saturated rings. The van der Waals surface area contributed by atoms with E-state index in [9.17, 15) is 4.79 Å². The summed E-state index contributed by atoms with van der Waals surface area (Å²) in [5, 5.41) is 2.84. The number of thiocarbonyl (C=S) groups is 1. The van der Waals surface area contributed by atoms with Crippen LogP contribution in [0, 0.1) is 5.92 Å². The lowest BCUT2D eigenvalue weighted by Gasteiger charge is -2.15. The van der Waals surface area contributed by atoms with E-state index in [1.54, 1.807) is 6.92 Å². The van der Waals surface area contributed by atoms with Crippen LogP contribution in [0.1, 0.15) is 26.3 Å². The van der Waals surface area contributed by atoms with Gasteiger partial charge >= 0.3 is 0 Å². The molecule has 1 aromatic rings. The van der Waals surface area contributed by atoms with Crippen molar-refractivity contribution >= 4 is 23.1 Å². The SMILES string of the molecule is CC(C)CNC(=O)C(C)Oc1ccc(CC(N)=S)cc1. The highest BCUT2D eigenvalue weighted by molar-refractivity contribution is 7.80. The smallest absolute Gasteiger partial charge is 0.260 e. The number of benzene rings is 1. The zero-order valence-corrected chi connectivity index (χ0v) is 13.0. The van der Waals surface area contributed by atoms with Crippen molar-refractivity contribution in [1.82, 2.24) is 5.32 Å². The molecule has 0 aliphatic heterocycles. The summed E-state index contributed by atoms with van der Waals surface area (Å²) < 4.78 is 5.59. The summed E-state index contributed by atoms with van der Waals surface area (Å²) in [6.07, 6.45) is 0.0511. The van der Waals surface area contributed by atoms with Gasteiger partial charge in [0, 0.05) is 13.0 Å². The normalized spacial score (nSPS) is 12.0. The summed E-state index contributed by atoms with van der Waals surface area (Å²) in [6, 6.07) is 7.43. The Morgan fingerprint density at radius 3 is 2.40 bits per heavy atom. The number of nitrogens with one attached hydrogen (secondary N) is 1. The largest absolute Gasteiger partial charge is 0.481 e. The minimum Gasteiger partial charge on any atom is -0.481 e. The molecule has 5 heteroatoms. The molecule has 0 radical (unpaired) electrons. The number of carbonyl (C=O) groups excluding carboxylic acids is 1. The molecule has 1 amide bonds. The van der Waals surface area contributed by atoms with Crippen LogP contribution >= 0.6 is 12.2 Å². The summed E-state index contributed by atoms with van der Waals surface area (Å²) in [4.78, 5) is 12.3. The van der Waals surface area contributed by atoms with Gasteiger partial charge in [0.1, 0.15) is 5.75 Å². The Hall–Kier alpha value is -1.62. The van der Waals surface area contributed by atoms with Crippen LogP contribution in [0.4, 0.5) is 0 Å². The maximum absolute atomic E-state index is 11.8. The average Bonchev–Trinajstić information content (AvgIpc) is 2.37. The number of hydrogen-bond acceptors (Lipinski definition) is 3. The highest BCUT2D eigenvalue weighted by atomic mass is 32.1. The van der Waals surface area contributed by atoms with Crippen LogP contribution in [0.25, 0.3) is 0 Å². The van der Waals surface area contributed by atoms with Gasteiger partial charge in [-0.15, -0.1) is 0 Å². The van der Waals surface area contributed by atoms with Crippen LogP contribution in [0.3, 0.4) is 0 Å². The third-order valence-corrected chi connectivity index (χ3v) is 2.81. The minimum absolute atomic E-state index is 0.106. The van der Waals surface area contributed by atoms with Crippen LogP contribution < -0.4 is 15.8 Å². The molecule has 3 N–H and O–H groups in total. The van der Waals surface area contributed by atoms with Gasteiger partial charge in [0.15, 0.2) is 6.10 Å². The average molecular weight is 294 g/mol. The molecule has 20 heavy (non-hydrogen) atoms. The van der Waals surface area contributed by atoms with Crippen molar-refractivity contribution in [3.05, 3.63) is 29.8 Å². The van der Waals surface area contributed by atoms with Crippen molar-refractivity contribution in [1.29, 1.82) is 0 Å². The molecule has 0 heterocycles. The van der Waals surface area contributed by atoms with Crippen LogP contribution in [-0.2, 0) is 11.2 Å². The van der Waals surface area contributed by atoms with E-state index in [-0.39, 0.29) is 5.91 Å². The molecule has 0 spiro atoms. The molecule has 1 aromatic carbocycles. The number of hydrogen-bond donors (Lipinski definition) is 2. The maximum atomic E-state index is 11.8. The van der Waals surface area contributed by atoms with E-state index < -0.39 is 6.10 Å². The van der Waals surface area contributed by atoms with E-state index in [2.05, 4.69) is 5.32 Å². The zero-order valence-electron chi connectivity index (χ0n) is 12.2. The Morgan fingerprint density at radius 1 is 1.30 bits per heavy atom. The van der Waals surface area contributed by atoms with Crippen molar-refractivity contribution in [2.75, 3.05) is 6.54 Å². The van der Waals surface area contributed by atoms with Crippen molar-refractivity contribution in [2.45, 2.75) is 33.3 Å². The Kier molecular flexibility index (Phi) is 6.45. The number of amides is 1. The molecule has 110 valence electrons. The molecule has 1 atom stereocenters. The Bertz CT molecular complexity index is 457. The van der Waals surface area contributed by atoms with Crippen LogP contribution in [0.15, 0.2) is 24.3 Å². The topological polar surface area (TPSA) is 64.3 Å². The molecular formula is C15H22N2O2S. The number of carbonyl (C=O) groups is 1. The maximum Gasteiger partial charge on any atom is 0.260 e. The number of ether oxygens (including phenoxy) is 1. The third kappa shape index (κ3) is 6.02. The standard InChI is InChI=1S/C15H22N2O2S/c1-10(2)9-17-15(18)11(3)19-13-6-4-12(5-7-13)8-14(16)20/h4-7,10-11H,8-9H2,1-3H3,(H2,16,20)(H,17,18). The van der Waals surface area contributed by atoms with Gasteiger partial charge in [-0.1, -0.05) is 38.2 Å². The molecule has 0 aromatic heterocycles. The second kappa shape index (κ2) is 7.85. The lowest BCUT2D eigenvalue weighted by Crippen LogP contribution is -2.38. The van der Waals surface area contributed by atoms with Gasteiger partial charge < -0.3 is 15.8 Å². The molecule has 0 saturated heterocycles. The molecule has 1 rings (SSSR count). The van der Waals surface area contributed by atoms with Crippen LogP contribution in [0.5, 0.6) is 5.75 Å². The van der Waals surface area contributed by atoms with E-state index in [1.165, 1.54) is 0 Å². The fourth-order valence-corrected chi connectivity index (χ4v) is 1.76. The lowest BCUT2D eigenvalue weighted by molar-refractivity contribution is -0.127. The minimum atomic E-state index is -0.518. The fourth-order valence-electron chi connectivity index (χ4n) is 1.59. The Morgan fingerprint density at radius 2 is 1.90 bits per heavy atom. The first-order valence-electron chi connectivity index (χ1n) is 6.70. The van der Waals surface area contributed by atoms with Crippen molar-refractivity contribution in [3.8, 4) is 5.75 Å². The monoisotopic (exact) mass is 294 g/mol. The van der Waals surface area contributed by atoms with E-state index in [0.29, 0.717) is 29.6 Å². The second-order valence-electron chi connectivity index (χ2n) is 5.19. The predicted molar refractivity (Wildman–Crippen MR) is 84.9 cm³/mol. The quantitative estimate of drug-likeness (QED) is 0.756. The molecule has 0 aliphatic rings. The molecule has 0 bridgehead atoms. The van der Waals surface area contributed by atoms with E-state index >= 15 is 0 Å². The Labute approximate surface area is 125 Å².